The number of nitrogens with two attached hydrogens (primary N) is 1. The van der Waals surface area contributed by atoms with Crippen LogP contribution in [0.1, 0.15) is 23.2 Å². The van der Waals surface area contributed by atoms with Gasteiger partial charge >= 0.3 is 5.97 Å². The number of benzene rings is 1. The van der Waals surface area contributed by atoms with Gasteiger partial charge in [0, 0.05) is 6.42 Å². The quantitative estimate of drug-likeness (QED) is 0.874. The molecule has 0 atom stereocenters. The summed E-state index contributed by atoms with van der Waals surface area (Å²) in [6.45, 7) is 1.76. The van der Waals surface area contributed by atoms with Crippen LogP contribution < -0.4 is 5.73 Å². The smallest absolute Gasteiger partial charge is 0.360 e. The monoisotopic (exact) mass is 281 g/mol. The largest absolute Gasteiger partial charge is 0.464 e. The summed E-state index contributed by atoms with van der Waals surface area (Å²) in [5.74, 6) is -2.53. The lowest BCUT2D eigenvalue weighted by molar-refractivity contribution is 0.0595. The second kappa shape index (κ2) is 5.28. The van der Waals surface area contributed by atoms with Crippen LogP contribution >= 0.6 is 0 Å². The van der Waals surface area contributed by atoms with E-state index >= 15 is 0 Å². The van der Waals surface area contributed by atoms with Gasteiger partial charge in [-0.1, -0.05) is 13.0 Å². The van der Waals surface area contributed by atoms with E-state index in [0.717, 1.165) is 6.07 Å². The van der Waals surface area contributed by atoms with Gasteiger partial charge in [0.25, 0.3) is 0 Å². The highest BCUT2D eigenvalue weighted by molar-refractivity contribution is 5.92. The van der Waals surface area contributed by atoms with Gasteiger partial charge in [-0.3, -0.25) is 4.57 Å². The molecule has 0 radical (unpaired) electrons. The Morgan fingerprint density at radius 2 is 2.15 bits per heavy atom. The molecule has 1 aromatic heterocycles. The normalized spacial score (nSPS) is 10.6. The Morgan fingerprint density at radius 3 is 2.75 bits per heavy atom. The molecule has 0 amide bonds. The molecule has 1 aromatic carbocycles. The fourth-order valence-electron chi connectivity index (χ4n) is 1.90. The summed E-state index contributed by atoms with van der Waals surface area (Å²) in [7, 11) is 1.19. The number of nitrogen functional groups attached to an aromatic ring is 1. The second-order valence-corrected chi connectivity index (χ2v) is 4.02. The average Bonchev–Trinajstić information content (AvgIpc) is 2.78. The molecule has 0 aliphatic carbocycles. The molecule has 7 heteroatoms. The van der Waals surface area contributed by atoms with E-state index in [4.69, 9.17) is 5.73 Å². The lowest BCUT2D eigenvalue weighted by Crippen LogP contribution is -2.09. The minimum atomic E-state index is -1.05. The second-order valence-electron chi connectivity index (χ2n) is 4.02. The molecule has 0 bridgehead atoms. The number of carbonyl (C=O) groups is 1. The van der Waals surface area contributed by atoms with Gasteiger partial charge in [-0.25, -0.2) is 18.6 Å². The number of imidazole rings is 1. The minimum Gasteiger partial charge on any atom is -0.464 e. The third kappa shape index (κ3) is 2.11. The summed E-state index contributed by atoms with van der Waals surface area (Å²) in [5.41, 5.74) is 5.60. The zero-order valence-corrected chi connectivity index (χ0v) is 11.0. The number of esters is 1. The van der Waals surface area contributed by atoms with Crippen LogP contribution in [-0.2, 0) is 11.2 Å². The van der Waals surface area contributed by atoms with Crippen molar-refractivity contribution in [2.45, 2.75) is 13.3 Å². The van der Waals surface area contributed by atoms with Crippen molar-refractivity contribution in [1.29, 1.82) is 0 Å². The van der Waals surface area contributed by atoms with Crippen molar-refractivity contribution in [3.05, 3.63) is 41.4 Å². The first kappa shape index (κ1) is 14.0. The Morgan fingerprint density at radius 1 is 1.45 bits per heavy atom. The highest BCUT2D eigenvalue weighted by atomic mass is 19.2. The van der Waals surface area contributed by atoms with Crippen LogP contribution in [0, 0.1) is 11.6 Å². The van der Waals surface area contributed by atoms with Crippen LogP contribution in [0.4, 0.5) is 14.6 Å². The Labute approximate surface area is 114 Å². The number of ether oxygens (including phenoxy) is 1. The maximum Gasteiger partial charge on any atom is 0.360 e. The number of aromatic nitrogens is 2. The molecule has 0 aliphatic rings. The van der Waals surface area contributed by atoms with Gasteiger partial charge in [0.2, 0.25) is 0 Å². The summed E-state index contributed by atoms with van der Waals surface area (Å²) in [6.07, 6.45) is 0.386. The molecule has 0 saturated carbocycles. The van der Waals surface area contributed by atoms with E-state index in [9.17, 15) is 13.6 Å². The van der Waals surface area contributed by atoms with Gasteiger partial charge in [-0.05, 0) is 12.1 Å². The molecule has 0 unspecified atom stereocenters. The van der Waals surface area contributed by atoms with E-state index in [-0.39, 0.29) is 17.2 Å². The average molecular weight is 281 g/mol. The van der Waals surface area contributed by atoms with Crippen molar-refractivity contribution >= 4 is 11.8 Å². The summed E-state index contributed by atoms with van der Waals surface area (Å²) in [4.78, 5) is 15.6. The van der Waals surface area contributed by atoms with Crippen molar-refractivity contribution in [2.75, 3.05) is 12.8 Å². The number of hydrogen-bond acceptors (Lipinski definition) is 4. The van der Waals surface area contributed by atoms with Gasteiger partial charge < -0.3 is 10.5 Å². The number of halogens is 2. The highest BCUT2D eigenvalue weighted by Gasteiger charge is 2.23. The molecular weight excluding hydrogens is 268 g/mol. The Bertz CT molecular complexity index is 668. The number of methoxy groups -OCH3 is 1. The number of nitrogens with zero attached hydrogens (tertiary/aromatic N) is 2. The van der Waals surface area contributed by atoms with Gasteiger partial charge in [0.05, 0.1) is 12.8 Å². The third-order valence-electron chi connectivity index (χ3n) is 2.85. The summed E-state index contributed by atoms with van der Waals surface area (Å²) < 4.78 is 33.0. The van der Waals surface area contributed by atoms with Gasteiger partial charge in [0.1, 0.15) is 11.6 Å². The van der Waals surface area contributed by atoms with Crippen molar-refractivity contribution < 1.29 is 18.3 Å². The third-order valence-corrected chi connectivity index (χ3v) is 2.85. The Hall–Kier alpha value is -2.44. The van der Waals surface area contributed by atoms with Crippen molar-refractivity contribution in [3.63, 3.8) is 0 Å². The molecule has 0 spiro atoms. The predicted octanol–water partition coefficient (Wildman–Crippen LogP) is 2.08. The highest BCUT2D eigenvalue weighted by Crippen LogP contribution is 2.25. The van der Waals surface area contributed by atoms with Crippen molar-refractivity contribution in [1.82, 2.24) is 9.55 Å². The van der Waals surface area contributed by atoms with E-state index in [1.807, 2.05) is 0 Å². The van der Waals surface area contributed by atoms with E-state index < -0.39 is 17.6 Å². The molecule has 2 aromatic rings. The zero-order chi connectivity index (χ0) is 14.9. The molecule has 1 heterocycles. The summed E-state index contributed by atoms with van der Waals surface area (Å²) in [5, 5.41) is 0. The molecule has 20 heavy (non-hydrogen) atoms. The van der Waals surface area contributed by atoms with Crippen molar-refractivity contribution in [3.8, 4) is 5.69 Å². The Kier molecular flexibility index (Phi) is 3.69. The van der Waals surface area contributed by atoms with Crippen LogP contribution in [0.15, 0.2) is 18.2 Å². The maximum absolute atomic E-state index is 13.9. The van der Waals surface area contributed by atoms with E-state index in [2.05, 4.69) is 9.72 Å². The Balaban J connectivity index is 2.70. The first-order chi connectivity index (χ1) is 9.51. The molecule has 2 rings (SSSR count). The van der Waals surface area contributed by atoms with Crippen LogP contribution in [0.3, 0.4) is 0 Å². The standard InChI is InChI=1S/C13H13F2N3O2/c1-3-9-17-11(13(19)20-2)12(16)18(9)8-6-4-5-7(14)10(8)15/h4-6H,3,16H2,1-2H3. The topological polar surface area (TPSA) is 70.1 Å². The summed E-state index contributed by atoms with van der Waals surface area (Å²) >= 11 is 0. The molecule has 106 valence electrons. The zero-order valence-electron chi connectivity index (χ0n) is 11.0. The SMILES string of the molecule is CCc1nc(C(=O)OC)c(N)n1-c1cccc(F)c1F. The van der Waals surface area contributed by atoms with Crippen LogP contribution in [0.25, 0.3) is 5.69 Å². The molecule has 5 nitrogen and oxygen atoms in total. The fourth-order valence-corrected chi connectivity index (χ4v) is 1.90. The van der Waals surface area contributed by atoms with Crippen LogP contribution in [0.2, 0.25) is 0 Å². The molecular formula is C13H13F2N3O2. The van der Waals surface area contributed by atoms with Gasteiger partial charge in [-0.2, -0.15) is 0 Å². The maximum atomic E-state index is 13.9. The molecule has 0 fully saturated rings. The first-order valence-corrected chi connectivity index (χ1v) is 5.91. The van der Waals surface area contributed by atoms with E-state index in [1.165, 1.54) is 23.8 Å². The lowest BCUT2D eigenvalue weighted by atomic mass is 10.2. The van der Waals surface area contributed by atoms with Crippen LogP contribution in [-0.4, -0.2) is 22.6 Å². The fraction of sp³-hybridized carbons (Fsp3) is 0.231. The van der Waals surface area contributed by atoms with E-state index in [0.29, 0.717) is 12.2 Å². The van der Waals surface area contributed by atoms with E-state index in [1.54, 1.807) is 6.92 Å². The van der Waals surface area contributed by atoms with Crippen molar-refractivity contribution in [2.24, 2.45) is 0 Å². The minimum absolute atomic E-state index is 0.0850. The summed E-state index contributed by atoms with van der Waals surface area (Å²) in [6, 6.07) is 3.71. The molecule has 0 aliphatic heterocycles. The first-order valence-electron chi connectivity index (χ1n) is 5.91. The predicted molar refractivity (Wildman–Crippen MR) is 68.6 cm³/mol. The van der Waals surface area contributed by atoms with Gasteiger partial charge in [-0.15, -0.1) is 0 Å². The number of rotatable bonds is 3. The molecule has 2 N–H and O–H groups in total. The number of hydrogen-bond donors (Lipinski definition) is 1. The number of anilines is 1. The van der Waals surface area contributed by atoms with Gasteiger partial charge in [0.15, 0.2) is 17.3 Å². The number of aryl methyl sites for hydroxylation is 1. The number of carbonyl (C=O) groups excluding carboxylic acids is 1. The lowest BCUT2D eigenvalue weighted by Gasteiger charge is -2.10. The molecule has 0 saturated heterocycles. The van der Waals surface area contributed by atoms with Crippen LogP contribution in [0.5, 0.6) is 0 Å².